The molecule has 0 N–H and O–H groups in total. The number of allylic oxidation sites excluding steroid dienone is 2. The third-order valence-electron chi connectivity index (χ3n) is 4.84. The van der Waals surface area contributed by atoms with Crippen LogP contribution in [0.2, 0.25) is 0 Å². The monoisotopic (exact) mass is 367 g/mol. The molecule has 2 aromatic rings. The molecule has 3 nitrogen and oxygen atoms in total. The van der Waals surface area contributed by atoms with Crippen molar-refractivity contribution in [2.75, 3.05) is 0 Å². The van der Waals surface area contributed by atoms with Crippen molar-refractivity contribution in [3.05, 3.63) is 89.5 Å². The zero-order valence-corrected chi connectivity index (χ0v) is 16.0. The standard InChI is InChI=1S/C22H25NO2S/c1-3-4-15-21-22(26(24,25)20-13-9-6-10-14-20)16-18(2)23(21)17-19-11-7-5-8-12-19/h3,5-14,18H,1,4,15-17H2,2H3. The quantitative estimate of drug-likeness (QED) is 0.651. The minimum absolute atomic E-state index is 0.156. The van der Waals surface area contributed by atoms with Gasteiger partial charge in [0.25, 0.3) is 0 Å². The third kappa shape index (κ3) is 3.75. The summed E-state index contributed by atoms with van der Waals surface area (Å²) in [5, 5.41) is 0. The molecule has 1 atom stereocenters. The molecule has 0 saturated carbocycles. The highest BCUT2D eigenvalue weighted by Crippen LogP contribution is 2.38. The van der Waals surface area contributed by atoms with Crippen molar-refractivity contribution >= 4 is 9.84 Å². The van der Waals surface area contributed by atoms with Crippen LogP contribution >= 0.6 is 0 Å². The second-order valence-corrected chi connectivity index (χ2v) is 8.65. The zero-order chi connectivity index (χ0) is 18.6. The molecule has 0 aromatic heterocycles. The summed E-state index contributed by atoms with van der Waals surface area (Å²) >= 11 is 0. The van der Waals surface area contributed by atoms with E-state index in [2.05, 4.69) is 30.5 Å². The first-order chi connectivity index (χ1) is 12.5. The van der Waals surface area contributed by atoms with E-state index in [1.54, 1.807) is 24.3 Å². The molecule has 26 heavy (non-hydrogen) atoms. The average molecular weight is 368 g/mol. The molecule has 3 rings (SSSR count). The lowest BCUT2D eigenvalue weighted by Crippen LogP contribution is -2.27. The highest BCUT2D eigenvalue weighted by molar-refractivity contribution is 7.95. The van der Waals surface area contributed by atoms with Gasteiger partial charge in [0.15, 0.2) is 0 Å². The Balaban J connectivity index is 2.01. The van der Waals surface area contributed by atoms with Gasteiger partial charge in [-0.25, -0.2) is 8.42 Å². The van der Waals surface area contributed by atoms with E-state index in [0.29, 0.717) is 22.6 Å². The van der Waals surface area contributed by atoms with Gasteiger partial charge in [0.2, 0.25) is 9.84 Å². The van der Waals surface area contributed by atoms with E-state index in [-0.39, 0.29) is 6.04 Å². The van der Waals surface area contributed by atoms with Crippen LogP contribution in [-0.2, 0) is 16.4 Å². The van der Waals surface area contributed by atoms with E-state index < -0.39 is 9.84 Å². The highest BCUT2D eigenvalue weighted by Gasteiger charge is 2.35. The smallest absolute Gasteiger partial charge is 0.204 e. The highest BCUT2D eigenvalue weighted by atomic mass is 32.2. The average Bonchev–Trinajstić information content (AvgIpc) is 2.98. The summed E-state index contributed by atoms with van der Waals surface area (Å²) in [5.74, 6) is 0. The van der Waals surface area contributed by atoms with Crippen molar-refractivity contribution < 1.29 is 8.42 Å². The van der Waals surface area contributed by atoms with E-state index in [4.69, 9.17) is 0 Å². The Morgan fingerprint density at radius 1 is 1.08 bits per heavy atom. The predicted octanol–water partition coefficient (Wildman–Crippen LogP) is 4.93. The second-order valence-electron chi connectivity index (χ2n) is 6.68. The lowest BCUT2D eigenvalue weighted by atomic mass is 10.1. The first-order valence-corrected chi connectivity index (χ1v) is 10.5. The van der Waals surface area contributed by atoms with Crippen molar-refractivity contribution in [3.63, 3.8) is 0 Å². The fourth-order valence-electron chi connectivity index (χ4n) is 3.48. The van der Waals surface area contributed by atoms with Crippen LogP contribution in [0.3, 0.4) is 0 Å². The number of rotatable bonds is 7. The second kappa shape index (κ2) is 7.92. The summed E-state index contributed by atoms with van der Waals surface area (Å²) in [5.41, 5.74) is 2.12. The summed E-state index contributed by atoms with van der Waals surface area (Å²) < 4.78 is 26.5. The van der Waals surface area contributed by atoms with Gasteiger partial charge in [0.05, 0.1) is 9.80 Å². The Hall–Kier alpha value is -2.33. The molecule has 136 valence electrons. The minimum Gasteiger partial charge on any atom is -0.367 e. The first kappa shape index (κ1) is 18.5. The van der Waals surface area contributed by atoms with Crippen LogP contribution in [0.15, 0.2) is 88.8 Å². The maximum absolute atomic E-state index is 13.2. The first-order valence-electron chi connectivity index (χ1n) is 8.97. The van der Waals surface area contributed by atoms with Crippen LogP contribution in [0.4, 0.5) is 0 Å². The Kier molecular flexibility index (Phi) is 5.62. The molecule has 0 radical (unpaired) electrons. The maximum atomic E-state index is 13.2. The van der Waals surface area contributed by atoms with Crippen molar-refractivity contribution in [3.8, 4) is 0 Å². The Morgan fingerprint density at radius 2 is 1.69 bits per heavy atom. The van der Waals surface area contributed by atoms with Crippen molar-refractivity contribution in [1.29, 1.82) is 0 Å². The van der Waals surface area contributed by atoms with Crippen LogP contribution in [0, 0.1) is 0 Å². The van der Waals surface area contributed by atoms with E-state index in [1.807, 2.05) is 30.3 Å². The van der Waals surface area contributed by atoms with Crippen LogP contribution in [0.5, 0.6) is 0 Å². The third-order valence-corrected chi connectivity index (χ3v) is 6.78. The molecule has 1 unspecified atom stereocenters. The molecule has 0 amide bonds. The molecule has 1 aliphatic rings. The summed E-state index contributed by atoms with van der Waals surface area (Å²) in [6, 6.07) is 19.1. The Labute approximate surface area is 156 Å². The van der Waals surface area contributed by atoms with Gasteiger partial charge in [-0.2, -0.15) is 0 Å². The zero-order valence-electron chi connectivity index (χ0n) is 15.1. The molecule has 0 bridgehead atoms. The lowest BCUT2D eigenvalue weighted by Gasteiger charge is -2.27. The topological polar surface area (TPSA) is 37.4 Å². The number of hydrogen-bond donors (Lipinski definition) is 0. The Bertz CT molecular complexity index is 886. The molecular formula is C22H25NO2S. The van der Waals surface area contributed by atoms with Crippen LogP contribution < -0.4 is 0 Å². The largest absolute Gasteiger partial charge is 0.367 e. The van der Waals surface area contributed by atoms with Gasteiger partial charge in [0.1, 0.15) is 0 Å². The molecule has 0 saturated heterocycles. The van der Waals surface area contributed by atoms with Gasteiger partial charge in [-0.15, -0.1) is 6.58 Å². The molecule has 4 heteroatoms. The summed E-state index contributed by atoms with van der Waals surface area (Å²) in [4.78, 5) is 3.18. The van der Waals surface area contributed by atoms with Gasteiger partial charge in [-0.05, 0) is 37.5 Å². The van der Waals surface area contributed by atoms with Gasteiger partial charge >= 0.3 is 0 Å². The van der Waals surface area contributed by atoms with Crippen LogP contribution in [-0.4, -0.2) is 19.4 Å². The number of nitrogens with zero attached hydrogens (tertiary/aromatic N) is 1. The van der Waals surface area contributed by atoms with Gasteiger partial charge < -0.3 is 4.90 Å². The van der Waals surface area contributed by atoms with Crippen LogP contribution in [0.25, 0.3) is 0 Å². The van der Waals surface area contributed by atoms with E-state index in [1.165, 1.54) is 5.56 Å². The molecule has 2 aromatic carbocycles. The fraction of sp³-hybridized carbons (Fsp3) is 0.273. The molecule has 0 aliphatic carbocycles. The van der Waals surface area contributed by atoms with Gasteiger partial charge in [0, 0.05) is 24.7 Å². The molecule has 1 heterocycles. The van der Waals surface area contributed by atoms with E-state index >= 15 is 0 Å². The maximum Gasteiger partial charge on any atom is 0.204 e. The summed E-state index contributed by atoms with van der Waals surface area (Å²) in [6.45, 7) is 6.63. The normalized spacial score (nSPS) is 17.6. The number of hydrogen-bond acceptors (Lipinski definition) is 3. The molecule has 1 aliphatic heterocycles. The predicted molar refractivity (Wildman–Crippen MR) is 106 cm³/mol. The van der Waals surface area contributed by atoms with Crippen molar-refractivity contribution in [2.45, 2.75) is 43.7 Å². The van der Waals surface area contributed by atoms with Crippen LogP contribution in [0.1, 0.15) is 31.7 Å². The van der Waals surface area contributed by atoms with E-state index in [9.17, 15) is 8.42 Å². The van der Waals surface area contributed by atoms with Crippen molar-refractivity contribution in [1.82, 2.24) is 4.90 Å². The minimum atomic E-state index is -3.47. The number of sulfone groups is 1. The van der Waals surface area contributed by atoms with Gasteiger partial charge in [-0.1, -0.05) is 54.6 Å². The summed E-state index contributed by atoms with van der Waals surface area (Å²) in [6.07, 6.45) is 3.86. The SMILES string of the molecule is C=CCCC1=C(S(=O)(=O)c2ccccc2)CC(C)N1Cc1ccccc1. The van der Waals surface area contributed by atoms with Gasteiger partial charge in [-0.3, -0.25) is 0 Å². The lowest BCUT2D eigenvalue weighted by molar-refractivity contribution is 0.278. The Morgan fingerprint density at radius 3 is 2.31 bits per heavy atom. The van der Waals surface area contributed by atoms with E-state index in [0.717, 1.165) is 18.7 Å². The summed E-state index contributed by atoms with van der Waals surface area (Å²) in [7, 11) is -3.47. The molecular weight excluding hydrogens is 342 g/mol. The fourth-order valence-corrected chi connectivity index (χ4v) is 5.27. The number of benzene rings is 2. The molecule has 0 fully saturated rings. The van der Waals surface area contributed by atoms with Crippen molar-refractivity contribution in [2.24, 2.45) is 0 Å². The molecule has 0 spiro atoms.